The van der Waals surface area contributed by atoms with E-state index in [2.05, 4.69) is 15.3 Å². The molecule has 2 aromatic heterocycles. The van der Waals surface area contributed by atoms with Crippen molar-refractivity contribution in [3.63, 3.8) is 0 Å². The van der Waals surface area contributed by atoms with E-state index in [4.69, 9.17) is 11.6 Å². The Labute approximate surface area is 143 Å². The summed E-state index contributed by atoms with van der Waals surface area (Å²) in [5.74, 6) is 0.342. The van der Waals surface area contributed by atoms with Gasteiger partial charge in [0.2, 0.25) is 0 Å². The molecule has 0 bridgehead atoms. The van der Waals surface area contributed by atoms with Gasteiger partial charge in [0.1, 0.15) is 15.7 Å². The molecule has 0 fully saturated rings. The lowest BCUT2D eigenvalue weighted by Crippen LogP contribution is -2.12. The second-order valence-electron chi connectivity index (χ2n) is 5.11. The van der Waals surface area contributed by atoms with Crippen molar-refractivity contribution < 1.29 is 4.79 Å². The van der Waals surface area contributed by atoms with E-state index in [1.54, 1.807) is 6.20 Å². The van der Waals surface area contributed by atoms with Gasteiger partial charge in [0, 0.05) is 16.8 Å². The highest BCUT2D eigenvalue weighted by Crippen LogP contribution is 2.29. The van der Waals surface area contributed by atoms with E-state index in [1.807, 2.05) is 50.2 Å². The topological polar surface area (TPSA) is 54.9 Å². The van der Waals surface area contributed by atoms with Crippen LogP contribution in [0.25, 0.3) is 10.6 Å². The molecule has 0 saturated heterocycles. The number of hydrogen-bond acceptors (Lipinski definition) is 4. The first-order valence-electron chi connectivity index (χ1n) is 7.00. The number of thiazole rings is 1. The fraction of sp³-hybridized carbons (Fsp3) is 0.118. The van der Waals surface area contributed by atoms with Crippen LogP contribution in [0.15, 0.2) is 42.6 Å². The van der Waals surface area contributed by atoms with Crippen LogP contribution < -0.4 is 5.32 Å². The van der Waals surface area contributed by atoms with E-state index in [1.165, 1.54) is 11.3 Å². The summed E-state index contributed by atoms with van der Waals surface area (Å²) in [6.45, 7) is 3.78. The number of benzene rings is 1. The summed E-state index contributed by atoms with van der Waals surface area (Å²) in [7, 11) is 0. The number of nitrogens with zero attached hydrogens (tertiary/aromatic N) is 2. The number of nitrogens with one attached hydrogen (secondary N) is 1. The van der Waals surface area contributed by atoms with Crippen LogP contribution in [0.2, 0.25) is 5.02 Å². The Morgan fingerprint density at radius 3 is 2.61 bits per heavy atom. The van der Waals surface area contributed by atoms with E-state index in [0.717, 1.165) is 16.1 Å². The van der Waals surface area contributed by atoms with Gasteiger partial charge in [-0.25, -0.2) is 9.97 Å². The maximum atomic E-state index is 12.4. The summed E-state index contributed by atoms with van der Waals surface area (Å²) in [4.78, 5) is 21.7. The molecule has 1 aromatic carbocycles. The fourth-order valence-electron chi connectivity index (χ4n) is 2.10. The van der Waals surface area contributed by atoms with Crippen LogP contribution >= 0.6 is 22.9 Å². The normalized spacial score (nSPS) is 10.6. The summed E-state index contributed by atoms with van der Waals surface area (Å²) >= 11 is 7.26. The lowest BCUT2D eigenvalue weighted by atomic mass is 10.2. The maximum Gasteiger partial charge on any atom is 0.268 e. The van der Waals surface area contributed by atoms with E-state index in [0.29, 0.717) is 21.4 Å². The van der Waals surface area contributed by atoms with Gasteiger partial charge < -0.3 is 5.32 Å². The number of hydrogen-bond donors (Lipinski definition) is 1. The third-order valence-corrected chi connectivity index (χ3v) is 4.71. The zero-order chi connectivity index (χ0) is 16.4. The first kappa shape index (κ1) is 15.6. The number of carbonyl (C=O) groups is 1. The van der Waals surface area contributed by atoms with Crippen molar-refractivity contribution in [2.45, 2.75) is 13.8 Å². The van der Waals surface area contributed by atoms with Gasteiger partial charge in [-0.3, -0.25) is 4.79 Å². The second kappa shape index (κ2) is 6.48. The summed E-state index contributed by atoms with van der Waals surface area (Å²) in [6.07, 6.45) is 1.67. The van der Waals surface area contributed by atoms with E-state index < -0.39 is 0 Å². The third kappa shape index (κ3) is 3.57. The average Bonchev–Trinajstić information content (AvgIpc) is 2.90. The molecule has 3 aromatic rings. The van der Waals surface area contributed by atoms with Gasteiger partial charge in [0.05, 0.1) is 5.69 Å². The zero-order valence-corrected chi connectivity index (χ0v) is 14.2. The van der Waals surface area contributed by atoms with Crippen molar-refractivity contribution in [2.24, 2.45) is 0 Å². The van der Waals surface area contributed by atoms with E-state index in [-0.39, 0.29) is 5.91 Å². The van der Waals surface area contributed by atoms with Crippen LogP contribution in [-0.2, 0) is 0 Å². The summed E-state index contributed by atoms with van der Waals surface area (Å²) in [5, 5.41) is 4.28. The highest BCUT2D eigenvalue weighted by atomic mass is 35.5. The molecule has 0 radical (unpaired) electrons. The first-order chi connectivity index (χ1) is 11.0. The number of amides is 1. The minimum Gasteiger partial charge on any atom is -0.306 e. The Balaban J connectivity index is 1.85. The van der Waals surface area contributed by atoms with Gasteiger partial charge in [-0.05, 0) is 43.7 Å². The number of aryl methyl sites for hydroxylation is 2. The summed E-state index contributed by atoms with van der Waals surface area (Å²) < 4.78 is 0. The second-order valence-corrected chi connectivity index (χ2v) is 6.55. The van der Waals surface area contributed by atoms with Crippen molar-refractivity contribution in [1.29, 1.82) is 0 Å². The van der Waals surface area contributed by atoms with Crippen LogP contribution in [-0.4, -0.2) is 15.9 Å². The van der Waals surface area contributed by atoms with E-state index in [9.17, 15) is 4.79 Å². The minimum absolute atomic E-state index is 0.196. The molecule has 23 heavy (non-hydrogen) atoms. The number of anilines is 1. The van der Waals surface area contributed by atoms with Gasteiger partial charge in [-0.1, -0.05) is 23.7 Å². The molecule has 1 N–H and O–H groups in total. The zero-order valence-electron chi connectivity index (χ0n) is 12.6. The molecule has 0 saturated carbocycles. The molecule has 4 nitrogen and oxygen atoms in total. The van der Waals surface area contributed by atoms with Crippen molar-refractivity contribution in [3.05, 3.63) is 63.8 Å². The molecule has 3 rings (SSSR count). The van der Waals surface area contributed by atoms with Gasteiger partial charge in [-0.2, -0.15) is 0 Å². The summed E-state index contributed by atoms with van der Waals surface area (Å²) in [6, 6.07) is 11.1. The Hall–Kier alpha value is -2.24. The smallest absolute Gasteiger partial charge is 0.268 e. The molecule has 2 heterocycles. The van der Waals surface area contributed by atoms with Crippen LogP contribution in [0, 0.1) is 13.8 Å². The quantitative estimate of drug-likeness (QED) is 0.748. The van der Waals surface area contributed by atoms with Gasteiger partial charge in [0.15, 0.2) is 0 Å². The van der Waals surface area contributed by atoms with Gasteiger partial charge >= 0.3 is 0 Å². The molecule has 0 aliphatic carbocycles. The standard InChI is InChI=1S/C17H14ClN3OS/c1-10-7-8-19-14(9-10)21-16(22)15-11(2)20-17(23-15)12-3-5-13(18)6-4-12/h3-9H,1-2H3,(H,19,21,22). The lowest BCUT2D eigenvalue weighted by Gasteiger charge is -2.03. The Bertz CT molecular complexity index is 859. The van der Waals surface area contributed by atoms with Gasteiger partial charge in [0.25, 0.3) is 5.91 Å². The largest absolute Gasteiger partial charge is 0.306 e. The summed E-state index contributed by atoms with van der Waals surface area (Å²) in [5.41, 5.74) is 2.68. The molecule has 116 valence electrons. The van der Waals surface area contributed by atoms with Gasteiger partial charge in [-0.15, -0.1) is 11.3 Å². The average molecular weight is 344 g/mol. The van der Waals surface area contributed by atoms with Crippen molar-refractivity contribution in [1.82, 2.24) is 9.97 Å². The van der Waals surface area contributed by atoms with Crippen LogP contribution in [0.3, 0.4) is 0 Å². The number of carbonyl (C=O) groups excluding carboxylic acids is 1. The third-order valence-electron chi connectivity index (χ3n) is 3.25. The number of halogens is 1. The highest BCUT2D eigenvalue weighted by molar-refractivity contribution is 7.17. The van der Waals surface area contributed by atoms with E-state index >= 15 is 0 Å². The lowest BCUT2D eigenvalue weighted by molar-refractivity contribution is 0.102. The first-order valence-corrected chi connectivity index (χ1v) is 8.20. The predicted octanol–water partition coefficient (Wildman–Crippen LogP) is 4.73. The number of aromatic nitrogens is 2. The fourth-order valence-corrected chi connectivity index (χ4v) is 3.19. The Morgan fingerprint density at radius 1 is 1.17 bits per heavy atom. The molecule has 1 amide bonds. The number of pyridine rings is 1. The molecule has 0 unspecified atom stereocenters. The Kier molecular flexibility index (Phi) is 4.41. The molecule has 0 aliphatic rings. The predicted molar refractivity (Wildman–Crippen MR) is 94.2 cm³/mol. The van der Waals surface area contributed by atoms with Crippen molar-refractivity contribution in [2.75, 3.05) is 5.32 Å². The van der Waals surface area contributed by atoms with Crippen molar-refractivity contribution >= 4 is 34.7 Å². The Morgan fingerprint density at radius 2 is 1.91 bits per heavy atom. The maximum absolute atomic E-state index is 12.4. The molecule has 6 heteroatoms. The monoisotopic (exact) mass is 343 g/mol. The highest BCUT2D eigenvalue weighted by Gasteiger charge is 2.16. The SMILES string of the molecule is Cc1ccnc(NC(=O)c2sc(-c3ccc(Cl)cc3)nc2C)c1. The molecular weight excluding hydrogens is 330 g/mol. The van der Waals surface area contributed by atoms with Crippen molar-refractivity contribution in [3.8, 4) is 10.6 Å². The molecular formula is C17H14ClN3OS. The molecule has 0 spiro atoms. The minimum atomic E-state index is -0.196. The molecule has 0 atom stereocenters. The van der Waals surface area contributed by atoms with Crippen LogP contribution in [0.5, 0.6) is 0 Å². The van der Waals surface area contributed by atoms with Crippen LogP contribution in [0.1, 0.15) is 20.9 Å². The number of rotatable bonds is 3. The molecule has 0 aliphatic heterocycles. The van der Waals surface area contributed by atoms with Crippen LogP contribution in [0.4, 0.5) is 5.82 Å².